The minimum atomic E-state index is -0.183. The van der Waals surface area contributed by atoms with Gasteiger partial charge in [-0.2, -0.15) is 0 Å². The van der Waals surface area contributed by atoms with E-state index in [1.807, 2.05) is 0 Å². The number of hydrogen-bond donors (Lipinski definition) is 2. The summed E-state index contributed by atoms with van der Waals surface area (Å²) in [6.45, 7) is 0.474. The van der Waals surface area contributed by atoms with E-state index in [1.165, 1.54) is 11.3 Å². The first-order valence-corrected chi connectivity index (χ1v) is 5.66. The fourth-order valence-corrected chi connectivity index (χ4v) is 1.99. The van der Waals surface area contributed by atoms with Crippen LogP contribution in [0.5, 0.6) is 0 Å². The van der Waals surface area contributed by atoms with Crippen LogP contribution in [0.25, 0.3) is 0 Å². The van der Waals surface area contributed by atoms with Crippen molar-refractivity contribution in [2.45, 2.75) is 18.9 Å². The molecule has 0 spiro atoms. The molecule has 2 N–H and O–H groups in total. The van der Waals surface area contributed by atoms with Gasteiger partial charge in [0.25, 0.3) is 5.91 Å². The Morgan fingerprint density at radius 1 is 1.73 bits per heavy atom. The Bertz CT molecular complexity index is 363. The number of nitrogens with one attached hydrogen (secondary N) is 2. The van der Waals surface area contributed by atoms with Gasteiger partial charge < -0.3 is 10.6 Å². The minimum absolute atomic E-state index is 0.0582. The summed E-state index contributed by atoms with van der Waals surface area (Å²) >= 11 is 1.38. The molecule has 1 aromatic rings. The van der Waals surface area contributed by atoms with Crippen LogP contribution in [0.1, 0.15) is 23.3 Å². The molecule has 1 aliphatic rings. The monoisotopic (exact) mass is 225 g/mol. The lowest BCUT2D eigenvalue weighted by molar-refractivity contribution is -0.119. The predicted octanol–water partition coefficient (Wildman–Crippen LogP) is 0.152. The van der Waals surface area contributed by atoms with Crippen LogP contribution in [0, 0.1) is 0 Å². The third-order valence-electron chi connectivity index (χ3n) is 2.26. The Morgan fingerprint density at radius 2 is 2.60 bits per heavy atom. The molecule has 15 heavy (non-hydrogen) atoms. The smallest absolute Gasteiger partial charge is 0.270 e. The molecular formula is C9H11N3O2S. The fourth-order valence-electron chi connectivity index (χ4n) is 1.46. The normalized spacial score (nSPS) is 20.0. The van der Waals surface area contributed by atoms with Crippen LogP contribution < -0.4 is 10.6 Å². The molecule has 80 valence electrons. The molecule has 1 aromatic heterocycles. The van der Waals surface area contributed by atoms with E-state index >= 15 is 0 Å². The van der Waals surface area contributed by atoms with Gasteiger partial charge in [0.2, 0.25) is 5.91 Å². The molecule has 0 radical (unpaired) electrons. The average Bonchev–Trinajstić information content (AvgIpc) is 2.84. The molecule has 2 heterocycles. The zero-order valence-electron chi connectivity index (χ0n) is 8.03. The molecule has 1 aliphatic heterocycles. The lowest BCUT2D eigenvalue weighted by Gasteiger charge is -2.09. The number of carbonyl (C=O) groups is 2. The van der Waals surface area contributed by atoms with Crippen molar-refractivity contribution in [2.24, 2.45) is 0 Å². The molecule has 1 atom stereocenters. The van der Waals surface area contributed by atoms with Gasteiger partial charge >= 0.3 is 0 Å². The quantitative estimate of drug-likeness (QED) is 0.769. The van der Waals surface area contributed by atoms with Crippen molar-refractivity contribution < 1.29 is 9.59 Å². The summed E-state index contributed by atoms with van der Waals surface area (Å²) in [6.07, 6.45) is 1.34. The second kappa shape index (κ2) is 4.39. The first kappa shape index (κ1) is 10.1. The highest BCUT2D eigenvalue weighted by Crippen LogP contribution is 2.05. The number of carbonyl (C=O) groups excluding carboxylic acids is 2. The van der Waals surface area contributed by atoms with Gasteiger partial charge in [-0.3, -0.25) is 9.59 Å². The summed E-state index contributed by atoms with van der Waals surface area (Å²) in [6, 6.07) is 0.0695. The molecule has 0 aromatic carbocycles. The number of thiazole rings is 1. The molecule has 1 saturated heterocycles. The molecule has 1 unspecified atom stereocenters. The van der Waals surface area contributed by atoms with E-state index in [4.69, 9.17) is 0 Å². The molecular weight excluding hydrogens is 214 g/mol. The van der Waals surface area contributed by atoms with Gasteiger partial charge in [-0.1, -0.05) is 0 Å². The van der Waals surface area contributed by atoms with Crippen LogP contribution >= 0.6 is 11.3 Å². The topological polar surface area (TPSA) is 71.1 Å². The Morgan fingerprint density at radius 3 is 3.20 bits per heavy atom. The van der Waals surface area contributed by atoms with Gasteiger partial charge in [0.1, 0.15) is 5.69 Å². The van der Waals surface area contributed by atoms with Gasteiger partial charge in [0.15, 0.2) is 0 Å². The minimum Gasteiger partial charge on any atom is -0.352 e. The summed E-state index contributed by atoms with van der Waals surface area (Å²) in [5.41, 5.74) is 2.05. The zero-order chi connectivity index (χ0) is 10.7. The fraction of sp³-hybridized carbons (Fsp3) is 0.444. The summed E-state index contributed by atoms with van der Waals surface area (Å²) in [5, 5.41) is 7.22. The maximum absolute atomic E-state index is 11.5. The number of rotatable bonds is 3. The molecule has 0 bridgehead atoms. The largest absolute Gasteiger partial charge is 0.352 e. The zero-order valence-corrected chi connectivity index (χ0v) is 8.84. The van der Waals surface area contributed by atoms with E-state index in [-0.39, 0.29) is 17.9 Å². The Hall–Kier alpha value is -1.43. The molecule has 0 saturated carbocycles. The van der Waals surface area contributed by atoms with Gasteiger partial charge in [0.05, 0.1) is 5.51 Å². The van der Waals surface area contributed by atoms with Crippen molar-refractivity contribution >= 4 is 23.2 Å². The Balaban J connectivity index is 1.79. The van der Waals surface area contributed by atoms with Crippen molar-refractivity contribution in [1.29, 1.82) is 0 Å². The highest BCUT2D eigenvalue weighted by atomic mass is 32.1. The maximum atomic E-state index is 11.5. The maximum Gasteiger partial charge on any atom is 0.270 e. The second-order valence-electron chi connectivity index (χ2n) is 3.39. The van der Waals surface area contributed by atoms with Gasteiger partial charge in [-0.05, 0) is 6.42 Å². The van der Waals surface area contributed by atoms with Crippen molar-refractivity contribution in [3.8, 4) is 0 Å². The van der Waals surface area contributed by atoms with E-state index in [0.717, 1.165) is 6.42 Å². The number of aromatic nitrogens is 1. The SMILES string of the molecule is O=C1CCC(CNC(=O)c2cscn2)N1. The van der Waals surface area contributed by atoms with Crippen molar-refractivity contribution in [2.75, 3.05) is 6.54 Å². The van der Waals surface area contributed by atoms with Crippen LogP contribution in [0.4, 0.5) is 0 Å². The highest BCUT2D eigenvalue weighted by Gasteiger charge is 2.21. The Kier molecular flexibility index (Phi) is 2.96. The molecule has 6 heteroatoms. The van der Waals surface area contributed by atoms with E-state index in [9.17, 15) is 9.59 Å². The summed E-state index contributed by atoms with van der Waals surface area (Å²) in [7, 11) is 0. The average molecular weight is 225 g/mol. The van der Waals surface area contributed by atoms with E-state index in [2.05, 4.69) is 15.6 Å². The van der Waals surface area contributed by atoms with Crippen molar-refractivity contribution in [1.82, 2.24) is 15.6 Å². The molecule has 5 nitrogen and oxygen atoms in total. The van der Waals surface area contributed by atoms with Crippen LogP contribution in [0.3, 0.4) is 0 Å². The molecule has 2 rings (SSSR count). The van der Waals surface area contributed by atoms with E-state index in [0.29, 0.717) is 18.7 Å². The number of hydrogen-bond acceptors (Lipinski definition) is 4. The molecule has 2 amide bonds. The summed E-state index contributed by atoms with van der Waals surface area (Å²) < 4.78 is 0. The van der Waals surface area contributed by atoms with Crippen LogP contribution in [-0.2, 0) is 4.79 Å². The van der Waals surface area contributed by atoms with Crippen LogP contribution in [0.15, 0.2) is 10.9 Å². The standard InChI is InChI=1S/C9H11N3O2S/c13-8-2-1-6(12-8)3-10-9(14)7-4-15-5-11-7/h4-6H,1-3H2,(H,10,14)(H,12,13). The van der Waals surface area contributed by atoms with Crippen molar-refractivity contribution in [3.05, 3.63) is 16.6 Å². The molecule has 1 fully saturated rings. The summed E-state index contributed by atoms with van der Waals surface area (Å²) in [5.74, 6) is -0.125. The first-order valence-electron chi connectivity index (χ1n) is 4.71. The summed E-state index contributed by atoms with van der Waals surface area (Å²) in [4.78, 5) is 26.3. The molecule has 0 aliphatic carbocycles. The predicted molar refractivity (Wildman–Crippen MR) is 55.6 cm³/mol. The number of amides is 2. The van der Waals surface area contributed by atoms with Gasteiger partial charge in [0, 0.05) is 24.4 Å². The highest BCUT2D eigenvalue weighted by molar-refractivity contribution is 7.07. The second-order valence-corrected chi connectivity index (χ2v) is 4.11. The van der Waals surface area contributed by atoms with Gasteiger partial charge in [-0.25, -0.2) is 4.98 Å². The van der Waals surface area contributed by atoms with Crippen LogP contribution in [-0.4, -0.2) is 29.4 Å². The van der Waals surface area contributed by atoms with Crippen LogP contribution in [0.2, 0.25) is 0 Å². The lowest BCUT2D eigenvalue weighted by Crippen LogP contribution is -2.38. The first-order chi connectivity index (χ1) is 7.25. The van der Waals surface area contributed by atoms with Crippen molar-refractivity contribution in [3.63, 3.8) is 0 Å². The number of nitrogens with zero attached hydrogens (tertiary/aromatic N) is 1. The van der Waals surface area contributed by atoms with Gasteiger partial charge in [-0.15, -0.1) is 11.3 Å². The van der Waals surface area contributed by atoms with E-state index < -0.39 is 0 Å². The van der Waals surface area contributed by atoms with E-state index in [1.54, 1.807) is 10.9 Å². The lowest BCUT2D eigenvalue weighted by atomic mass is 10.2. The third kappa shape index (κ3) is 2.53. The third-order valence-corrected chi connectivity index (χ3v) is 2.85. The Labute approximate surface area is 90.9 Å².